The van der Waals surface area contributed by atoms with Crippen molar-refractivity contribution in [2.75, 3.05) is 0 Å². The summed E-state index contributed by atoms with van der Waals surface area (Å²) in [5.41, 5.74) is 0. The number of halogens is 1. The maximum absolute atomic E-state index is 8.76. The Kier molecular flexibility index (Phi) is 2.98. The molecule has 0 aliphatic carbocycles. The SMILES string of the molecule is O[B]Oc1cc2c(ccc3ccccc32)cc1Br. The molecule has 0 bridgehead atoms. The maximum atomic E-state index is 8.76. The average molecular weight is 300 g/mol. The van der Waals surface area contributed by atoms with Crippen molar-refractivity contribution in [2.24, 2.45) is 0 Å². The fraction of sp³-hybridized carbons (Fsp3) is 0. The molecule has 0 saturated carbocycles. The van der Waals surface area contributed by atoms with Gasteiger partial charge in [0.15, 0.2) is 0 Å². The van der Waals surface area contributed by atoms with Crippen LogP contribution in [0, 0.1) is 0 Å². The zero-order valence-corrected chi connectivity index (χ0v) is 11.0. The second-order valence-corrected chi connectivity index (χ2v) is 4.87. The van der Waals surface area contributed by atoms with Gasteiger partial charge in [-0.3, -0.25) is 0 Å². The first-order valence-corrected chi connectivity index (χ1v) is 6.32. The second kappa shape index (κ2) is 4.63. The summed E-state index contributed by atoms with van der Waals surface area (Å²) in [5, 5.41) is 13.4. The molecule has 0 aliphatic heterocycles. The number of benzene rings is 3. The Morgan fingerprint density at radius 2 is 1.72 bits per heavy atom. The minimum Gasteiger partial charge on any atom is -0.537 e. The van der Waals surface area contributed by atoms with Crippen LogP contribution in [0.3, 0.4) is 0 Å². The van der Waals surface area contributed by atoms with Crippen molar-refractivity contribution in [3.8, 4) is 5.75 Å². The zero-order valence-electron chi connectivity index (χ0n) is 9.43. The summed E-state index contributed by atoms with van der Waals surface area (Å²) in [6, 6.07) is 16.3. The highest BCUT2D eigenvalue weighted by Gasteiger charge is 2.07. The standard InChI is InChI=1S/C14H9BBrO2/c16-13-7-10-6-5-9-3-1-2-4-11(9)12(10)8-14(13)18-15-17/h1-8,17H. The van der Waals surface area contributed by atoms with Crippen LogP contribution in [0.2, 0.25) is 0 Å². The monoisotopic (exact) mass is 299 g/mol. The first kappa shape index (κ1) is 11.6. The molecule has 0 atom stereocenters. The molecule has 3 rings (SSSR count). The molecule has 18 heavy (non-hydrogen) atoms. The number of fused-ring (bicyclic) bond motifs is 3. The van der Waals surface area contributed by atoms with E-state index in [4.69, 9.17) is 9.68 Å². The van der Waals surface area contributed by atoms with Crippen LogP contribution in [0.1, 0.15) is 0 Å². The van der Waals surface area contributed by atoms with Crippen molar-refractivity contribution in [1.82, 2.24) is 0 Å². The van der Waals surface area contributed by atoms with E-state index in [1.165, 1.54) is 10.8 Å². The van der Waals surface area contributed by atoms with Crippen molar-refractivity contribution >= 4 is 45.2 Å². The van der Waals surface area contributed by atoms with Crippen LogP contribution in [-0.4, -0.2) is 12.7 Å². The van der Waals surface area contributed by atoms with Crippen LogP contribution in [0.5, 0.6) is 5.75 Å². The van der Waals surface area contributed by atoms with E-state index in [1.54, 1.807) is 0 Å². The normalized spacial score (nSPS) is 10.8. The summed E-state index contributed by atoms with van der Waals surface area (Å²) in [5.74, 6) is 0.598. The molecule has 0 unspecified atom stereocenters. The van der Waals surface area contributed by atoms with Crippen LogP contribution in [0.4, 0.5) is 0 Å². The number of hydrogen-bond acceptors (Lipinski definition) is 2. The van der Waals surface area contributed by atoms with E-state index in [2.05, 4.69) is 40.2 Å². The van der Waals surface area contributed by atoms with Crippen molar-refractivity contribution in [1.29, 1.82) is 0 Å². The summed E-state index contributed by atoms with van der Waals surface area (Å²) in [7, 11) is 0.692. The fourth-order valence-electron chi connectivity index (χ4n) is 2.15. The average Bonchev–Trinajstić information content (AvgIpc) is 2.40. The highest BCUT2D eigenvalue weighted by Crippen LogP contribution is 2.34. The lowest BCUT2D eigenvalue weighted by Crippen LogP contribution is -2.00. The summed E-state index contributed by atoms with van der Waals surface area (Å²) >= 11 is 3.43. The molecule has 87 valence electrons. The molecule has 0 saturated heterocycles. The smallest absolute Gasteiger partial charge is 0.537 e. The number of rotatable bonds is 2. The molecule has 0 heterocycles. The first-order chi connectivity index (χ1) is 8.79. The molecule has 1 radical (unpaired) electrons. The predicted octanol–water partition coefficient (Wildman–Crippen LogP) is 3.66. The molecule has 0 spiro atoms. The molecule has 3 aromatic carbocycles. The zero-order chi connectivity index (χ0) is 12.5. The van der Waals surface area contributed by atoms with Gasteiger partial charge < -0.3 is 9.68 Å². The van der Waals surface area contributed by atoms with Crippen LogP contribution in [0.15, 0.2) is 53.0 Å². The van der Waals surface area contributed by atoms with E-state index >= 15 is 0 Å². The van der Waals surface area contributed by atoms with Crippen LogP contribution in [0.25, 0.3) is 21.5 Å². The van der Waals surface area contributed by atoms with Gasteiger partial charge in [-0.05, 0) is 49.6 Å². The lowest BCUT2D eigenvalue weighted by molar-refractivity contribution is 0.452. The van der Waals surface area contributed by atoms with Gasteiger partial charge in [-0.1, -0.05) is 36.4 Å². The molecular weight excluding hydrogens is 291 g/mol. The summed E-state index contributed by atoms with van der Waals surface area (Å²) in [4.78, 5) is 0. The van der Waals surface area contributed by atoms with E-state index in [-0.39, 0.29) is 0 Å². The van der Waals surface area contributed by atoms with Crippen LogP contribution < -0.4 is 4.65 Å². The summed E-state index contributed by atoms with van der Waals surface area (Å²) in [6.45, 7) is 0. The second-order valence-electron chi connectivity index (χ2n) is 4.01. The Balaban J connectivity index is 2.37. The number of hydrogen-bond donors (Lipinski definition) is 1. The van der Waals surface area contributed by atoms with Gasteiger partial charge in [-0.15, -0.1) is 0 Å². The van der Waals surface area contributed by atoms with Crippen molar-refractivity contribution in [3.05, 3.63) is 53.0 Å². The molecule has 0 amide bonds. The molecule has 2 nitrogen and oxygen atoms in total. The van der Waals surface area contributed by atoms with Gasteiger partial charge in [0.2, 0.25) is 0 Å². The lowest BCUT2D eigenvalue weighted by atomic mass is 10.0. The van der Waals surface area contributed by atoms with Gasteiger partial charge >= 0.3 is 7.69 Å². The molecule has 0 aliphatic rings. The quantitative estimate of drug-likeness (QED) is 0.578. The van der Waals surface area contributed by atoms with Gasteiger partial charge in [0.25, 0.3) is 0 Å². The summed E-state index contributed by atoms with van der Waals surface area (Å²) in [6.07, 6.45) is 0. The van der Waals surface area contributed by atoms with E-state index in [0.29, 0.717) is 13.4 Å². The van der Waals surface area contributed by atoms with Gasteiger partial charge in [0.05, 0.1) is 4.47 Å². The van der Waals surface area contributed by atoms with Crippen molar-refractivity contribution in [2.45, 2.75) is 0 Å². The predicted molar refractivity (Wildman–Crippen MR) is 77.8 cm³/mol. The first-order valence-electron chi connectivity index (χ1n) is 5.53. The van der Waals surface area contributed by atoms with Gasteiger partial charge in [0.1, 0.15) is 5.75 Å². The van der Waals surface area contributed by atoms with Crippen LogP contribution in [-0.2, 0) is 0 Å². The third-order valence-electron chi connectivity index (χ3n) is 2.98. The highest BCUT2D eigenvalue weighted by molar-refractivity contribution is 9.10. The Morgan fingerprint density at radius 3 is 2.56 bits per heavy atom. The molecule has 0 aromatic heterocycles. The molecule has 1 N–H and O–H groups in total. The maximum Gasteiger partial charge on any atom is 0.569 e. The largest absolute Gasteiger partial charge is 0.569 e. The van der Waals surface area contributed by atoms with E-state index in [0.717, 1.165) is 15.2 Å². The third-order valence-corrected chi connectivity index (χ3v) is 3.60. The minimum atomic E-state index is 0.598. The van der Waals surface area contributed by atoms with Gasteiger partial charge in [-0.25, -0.2) is 0 Å². The van der Waals surface area contributed by atoms with E-state index < -0.39 is 0 Å². The van der Waals surface area contributed by atoms with Crippen molar-refractivity contribution in [3.63, 3.8) is 0 Å². The van der Waals surface area contributed by atoms with Crippen LogP contribution >= 0.6 is 15.9 Å². The summed E-state index contributed by atoms with van der Waals surface area (Å²) < 4.78 is 5.89. The Labute approximate surface area is 114 Å². The molecule has 4 heteroatoms. The lowest BCUT2D eigenvalue weighted by Gasteiger charge is -2.09. The fourth-order valence-corrected chi connectivity index (χ4v) is 2.61. The third kappa shape index (κ3) is 1.87. The van der Waals surface area contributed by atoms with E-state index in [1.807, 2.05) is 24.3 Å². The Morgan fingerprint density at radius 1 is 0.944 bits per heavy atom. The topological polar surface area (TPSA) is 29.5 Å². The van der Waals surface area contributed by atoms with Gasteiger partial charge in [-0.2, -0.15) is 0 Å². The molecular formula is C14H9BBrO2. The van der Waals surface area contributed by atoms with Gasteiger partial charge in [0, 0.05) is 0 Å². The Hall–Kier alpha value is -1.52. The highest BCUT2D eigenvalue weighted by atomic mass is 79.9. The molecule has 3 aromatic rings. The van der Waals surface area contributed by atoms with Crippen molar-refractivity contribution < 1.29 is 9.68 Å². The minimum absolute atomic E-state index is 0.598. The van der Waals surface area contributed by atoms with E-state index in [9.17, 15) is 0 Å². The molecule has 0 fully saturated rings. The Bertz CT molecular complexity index is 727.